The highest BCUT2D eigenvalue weighted by atomic mass is 79.9. The van der Waals surface area contributed by atoms with E-state index < -0.39 is 17.6 Å². The molecule has 0 bridgehead atoms. The third kappa shape index (κ3) is 2.93. The highest BCUT2D eigenvalue weighted by Gasteiger charge is 2.14. The Morgan fingerprint density at radius 2 is 2.11 bits per heavy atom. The molecule has 0 aliphatic rings. The van der Waals surface area contributed by atoms with Crippen LogP contribution < -0.4 is 5.32 Å². The molecule has 0 fully saturated rings. The maximum atomic E-state index is 13.5. The molecule has 4 nitrogen and oxygen atoms in total. The molecule has 0 spiro atoms. The maximum absolute atomic E-state index is 13.5. The van der Waals surface area contributed by atoms with E-state index in [9.17, 15) is 13.6 Å². The van der Waals surface area contributed by atoms with Gasteiger partial charge in [0.25, 0.3) is 0 Å². The van der Waals surface area contributed by atoms with Crippen LogP contribution in [-0.4, -0.2) is 11.1 Å². The van der Waals surface area contributed by atoms with E-state index in [1.165, 1.54) is 12.3 Å². The van der Waals surface area contributed by atoms with Crippen molar-refractivity contribution in [3.05, 3.63) is 51.9 Å². The zero-order valence-electron chi connectivity index (χ0n) is 9.41. The molecular weight excluding hydrogens is 324 g/mol. The van der Waals surface area contributed by atoms with Gasteiger partial charge in [-0.2, -0.15) is 0 Å². The monoisotopic (exact) mass is 331 g/mol. The molecule has 2 aromatic rings. The first kappa shape index (κ1) is 13.5. The van der Waals surface area contributed by atoms with Gasteiger partial charge in [-0.15, -0.1) is 0 Å². The average Bonchev–Trinajstić information content (AvgIpc) is 2.80. The predicted molar refractivity (Wildman–Crippen MR) is 67.1 cm³/mol. The third-order valence-electron chi connectivity index (χ3n) is 2.42. The van der Waals surface area contributed by atoms with E-state index in [0.29, 0.717) is 5.56 Å². The lowest BCUT2D eigenvalue weighted by Gasteiger charge is -2.08. The van der Waals surface area contributed by atoms with Crippen LogP contribution in [0.1, 0.15) is 16.1 Å². The van der Waals surface area contributed by atoms with E-state index in [1.54, 1.807) is 0 Å². The standard InChI is InChI=1S/C12H8BrF2NO3/c13-7-3-9(15)10(4-8(7)14)16-5-6-1-2-19-11(6)12(17)18/h1-4,16H,5H2,(H,17,18). The molecule has 0 saturated heterocycles. The Hall–Kier alpha value is -1.89. The van der Waals surface area contributed by atoms with Gasteiger partial charge in [-0.05, 0) is 28.1 Å². The fraction of sp³-hybridized carbons (Fsp3) is 0.0833. The first-order chi connectivity index (χ1) is 8.99. The number of furan rings is 1. The Bertz CT molecular complexity index is 627. The van der Waals surface area contributed by atoms with Crippen LogP contribution in [0.3, 0.4) is 0 Å². The van der Waals surface area contributed by atoms with Crippen molar-refractivity contribution in [3.63, 3.8) is 0 Å². The van der Waals surface area contributed by atoms with Crippen molar-refractivity contribution in [3.8, 4) is 0 Å². The van der Waals surface area contributed by atoms with E-state index in [2.05, 4.69) is 21.2 Å². The van der Waals surface area contributed by atoms with Gasteiger partial charge in [0.1, 0.15) is 11.6 Å². The van der Waals surface area contributed by atoms with Crippen molar-refractivity contribution in [1.29, 1.82) is 0 Å². The Labute approximate surface area is 115 Å². The number of hydrogen-bond donors (Lipinski definition) is 2. The SMILES string of the molecule is O=C(O)c1occc1CNc1cc(F)c(Br)cc1F. The second-order valence-electron chi connectivity index (χ2n) is 3.68. The molecule has 0 amide bonds. The van der Waals surface area contributed by atoms with Crippen LogP contribution in [0.25, 0.3) is 0 Å². The maximum Gasteiger partial charge on any atom is 0.372 e. The van der Waals surface area contributed by atoms with Gasteiger partial charge >= 0.3 is 5.97 Å². The quantitative estimate of drug-likeness (QED) is 0.840. The number of halogens is 3. The summed E-state index contributed by atoms with van der Waals surface area (Å²) in [5.74, 6) is -2.71. The second-order valence-corrected chi connectivity index (χ2v) is 4.53. The van der Waals surface area contributed by atoms with E-state index >= 15 is 0 Å². The van der Waals surface area contributed by atoms with Crippen LogP contribution in [0.15, 0.2) is 33.4 Å². The highest BCUT2D eigenvalue weighted by molar-refractivity contribution is 9.10. The van der Waals surface area contributed by atoms with Crippen LogP contribution in [0.2, 0.25) is 0 Å². The average molecular weight is 332 g/mol. The largest absolute Gasteiger partial charge is 0.475 e. The lowest BCUT2D eigenvalue weighted by molar-refractivity contribution is 0.0661. The number of aromatic carboxylic acids is 1. The molecule has 100 valence electrons. The smallest absolute Gasteiger partial charge is 0.372 e. The summed E-state index contributed by atoms with van der Waals surface area (Å²) in [6.07, 6.45) is 1.22. The number of benzene rings is 1. The lowest BCUT2D eigenvalue weighted by Crippen LogP contribution is -2.06. The molecular formula is C12H8BrF2NO3. The van der Waals surface area contributed by atoms with E-state index in [0.717, 1.165) is 12.1 Å². The number of carboxylic acids is 1. The number of nitrogens with one attached hydrogen (secondary N) is 1. The third-order valence-corrected chi connectivity index (χ3v) is 3.03. The van der Waals surface area contributed by atoms with Crippen LogP contribution >= 0.6 is 15.9 Å². The molecule has 0 aliphatic heterocycles. The summed E-state index contributed by atoms with van der Waals surface area (Å²) in [6.45, 7) is 0.0100. The topological polar surface area (TPSA) is 62.5 Å². The molecule has 1 heterocycles. The summed E-state index contributed by atoms with van der Waals surface area (Å²) in [7, 11) is 0. The van der Waals surface area contributed by atoms with E-state index in [1.807, 2.05) is 0 Å². The van der Waals surface area contributed by atoms with Crippen molar-refractivity contribution in [2.45, 2.75) is 6.54 Å². The fourth-order valence-corrected chi connectivity index (χ4v) is 1.83. The van der Waals surface area contributed by atoms with Crippen molar-refractivity contribution in [1.82, 2.24) is 0 Å². The molecule has 0 aliphatic carbocycles. The van der Waals surface area contributed by atoms with Gasteiger partial charge < -0.3 is 14.8 Å². The van der Waals surface area contributed by atoms with Gasteiger partial charge in [0.05, 0.1) is 16.4 Å². The van der Waals surface area contributed by atoms with Gasteiger partial charge in [-0.1, -0.05) is 0 Å². The molecule has 2 rings (SSSR count). The minimum absolute atomic E-state index is 0.0100. The second kappa shape index (κ2) is 5.40. The summed E-state index contributed by atoms with van der Waals surface area (Å²) in [4.78, 5) is 10.8. The van der Waals surface area contributed by atoms with Gasteiger partial charge in [-0.25, -0.2) is 13.6 Å². The molecule has 2 N–H and O–H groups in total. The predicted octanol–water partition coefficient (Wildman–Crippen LogP) is 3.63. The molecule has 19 heavy (non-hydrogen) atoms. The van der Waals surface area contributed by atoms with Crippen LogP contribution in [0.5, 0.6) is 0 Å². The van der Waals surface area contributed by atoms with E-state index in [4.69, 9.17) is 9.52 Å². The molecule has 0 radical (unpaired) electrons. The molecule has 0 unspecified atom stereocenters. The Balaban J connectivity index is 2.17. The number of carboxylic acid groups (broad SMARTS) is 1. The van der Waals surface area contributed by atoms with Gasteiger partial charge in [-0.3, -0.25) is 0 Å². The first-order valence-electron chi connectivity index (χ1n) is 5.17. The van der Waals surface area contributed by atoms with Crippen molar-refractivity contribution in [2.24, 2.45) is 0 Å². The van der Waals surface area contributed by atoms with Crippen molar-refractivity contribution in [2.75, 3.05) is 5.32 Å². The minimum Gasteiger partial charge on any atom is -0.475 e. The zero-order valence-corrected chi connectivity index (χ0v) is 11.0. The summed E-state index contributed by atoms with van der Waals surface area (Å²) in [6, 6.07) is 3.43. The van der Waals surface area contributed by atoms with E-state index in [-0.39, 0.29) is 22.5 Å². The molecule has 7 heteroatoms. The number of carbonyl (C=O) groups is 1. The van der Waals surface area contributed by atoms with Gasteiger partial charge in [0.15, 0.2) is 0 Å². The molecule has 0 saturated carbocycles. The summed E-state index contributed by atoms with van der Waals surface area (Å²) >= 11 is 2.87. The zero-order chi connectivity index (χ0) is 14.0. The Morgan fingerprint density at radius 3 is 2.79 bits per heavy atom. The normalized spacial score (nSPS) is 10.5. The Morgan fingerprint density at radius 1 is 1.37 bits per heavy atom. The summed E-state index contributed by atoms with van der Waals surface area (Å²) in [5, 5.41) is 11.4. The first-order valence-corrected chi connectivity index (χ1v) is 5.96. The van der Waals surface area contributed by atoms with Crippen LogP contribution in [0, 0.1) is 11.6 Å². The minimum atomic E-state index is -1.22. The summed E-state index contributed by atoms with van der Waals surface area (Å²) < 4.78 is 31.6. The molecule has 0 atom stereocenters. The van der Waals surface area contributed by atoms with Crippen LogP contribution in [0.4, 0.5) is 14.5 Å². The van der Waals surface area contributed by atoms with Crippen molar-refractivity contribution < 1.29 is 23.1 Å². The fourth-order valence-electron chi connectivity index (χ4n) is 1.51. The highest BCUT2D eigenvalue weighted by Crippen LogP contribution is 2.24. The van der Waals surface area contributed by atoms with Crippen molar-refractivity contribution >= 4 is 27.6 Å². The van der Waals surface area contributed by atoms with Gasteiger partial charge in [0, 0.05) is 18.2 Å². The molecule has 1 aromatic carbocycles. The number of anilines is 1. The Kier molecular flexibility index (Phi) is 3.84. The van der Waals surface area contributed by atoms with Gasteiger partial charge in [0.2, 0.25) is 5.76 Å². The lowest BCUT2D eigenvalue weighted by atomic mass is 10.2. The number of hydrogen-bond acceptors (Lipinski definition) is 3. The molecule has 1 aromatic heterocycles. The number of rotatable bonds is 4. The summed E-state index contributed by atoms with van der Waals surface area (Å²) in [5.41, 5.74) is 0.286. The van der Waals surface area contributed by atoms with Crippen LogP contribution in [-0.2, 0) is 6.54 Å².